The number of ether oxygens (including phenoxy) is 3. The van der Waals surface area contributed by atoms with Crippen molar-refractivity contribution >= 4 is 46.8 Å². The maximum absolute atomic E-state index is 14.2. The van der Waals surface area contributed by atoms with Crippen molar-refractivity contribution in [1.29, 1.82) is 0 Å². The van der Waals surface area contributed by atoms with Gasteiger partial charge in [-0.05, 0) is 37.6 Å². The number of anilines is 1. The highest BCUT2D eigenvalue weighted by Gasteiger charge is 2.55. The topological polar surface area (TPSA) is 141 Å². The Balaban J connectivity index is 1.86. The van der Waals surface area contributed by atoms with Crippen molar-refractivity contribution in [1.82, 2.24) is 15.3 Å². The maximum atomic E-state index is 14.2. The van der Waals surface area contributed by atoms with Gasteiger partial charge < -0.3 is 19.5 Å². The molecular weight excluding hydrogens is 603 g/mol. The lowest BCUT2D eigenvalue weighted by Crippen LogP contribution is -2.52. The SMILES string of the molecule is CCNC(=O)Nc1cc(-c2nc(C(F)(F)F)cs2)c(-c2ccc3c(c2)C(=O)C(C(=O)OCC)(C(C)C(OC)OC)C=N3)cn1. The van der Waals surface area contributed by atoms with Gasteiger partial charge in [0.1, 0.15) is 10.8 Å². The van der Waals surface area contributed by atoms with Gasteiger partial charge in [-0.3, -0.25) is 19.9 Å². The van der Waals surface area contributed by atoms with Crippen molar-refractivity contribution in [3.05, 3.63) is 47.1 Å². The van der Waals surface area contributed by atoms with Crippen LogP contribution in [0.5, 0.6) is 0 Å². The molecule has 0 spiro atoms. The Morgan fingerprint density at radius 3 is 2.43 bits per heavy atom. The van der Waals surface area contributed by atoms with Crippen LogP contribution in [0.3, 0.4) is 0 Å². The molecular formula is C29H30F3N5O6S. The molecule has 1 aliphatic rings. The summed E-state index contributed by atoms with van der Waals surface area (Å²) in [4.78, 5) is 52.2. The summed E-state index contributed by atoms with van der Waals surface area (Å²) >= 11 is 0.760. The Labute approximate surface area is 254 Å². The first kappa shape index (κ1) is 32.7. The summed E-state index contributed by atoms with van der Waals surface area (Å²) in [6, 6.07) is 5.50. The number of pyridine rings is 1. The number of thiazole rings is 1. The fourth-order valence-corrected chi connectivity index (χ4v) is 5.71. The molecule has 0 aliphatic carbocycles. The Kier molecular flexibility index (Phi) is 9.81. The summed E-state index contributed by atoms with van der Waals surface area (Å²) in [5.74, 6) is -2.25. The summed E-state index contributed by atoms with van der Waals surface area (Å²) in [6.07, 6.45) is -3.03. The number of Topliss-reactive ketones (excluding diaryl/α,β-unsaturated/α-hetero) is 1. The summed E-state index contributed by atoms with van der Waals surface area (Å²) in [5.41, 5.74) is -1.70. The van der Waals surface area contributed by atoms with E-state index < -0.39 is 47.3 Å². The van der Waals surface area contributed by atoms with Crippen LogP contribution in [0.2, 0.25) is 0 Å². The molecule has 0 bridgehead atoms. The highest BCUT2D eigenvalue weighted by atomic mass is 32.1. The van der Waals surface area contributed by atoms with Gasteiger partial charge >= 0.3 is 18.2 Å². The fourth-order valence-electron chi connectivity index (χ4n) is 4.86. The van der Waals surface area contributed by atoms with Gasteiger partial charge in [-0.2, -0.15) is 13.2 Å². The second-order valence-corrected chi connectivity index (χ2v) is 10.5. The molecule has 44 heavy (non-hydrogen) atoms. The fraction of sp³-hybridized carbons (Fsp3) is 0.379. The molecule has 0 fully saturated rings. The van der Waals surface area contributed by atoms with E-state index in [1.54, 1.807) is 32.9 Å². The van der Waals surface area contributed by atoms with Crippen LogP contribution in [0.1, 0.15) is 36.8 Å². The molecule has 0 saturated heterocycles. The van der Waals surface area contributed by atoms with E-state index in [9.17, 15) is 27.6 Å². The number of fused-ring (bicyclic) bond motifs is 1. The van der Waals surface area contributed by atoms with Gasteiger partial charge in [0, 0.05) is 61.2 Å². The summed E-state index contributed by atoms with van der Waals surface area (Å²) < 4.78 is 56.3. The van der Waals surface area contributed by atoms with Crippen molar-refractivity contribution in [2.75, 3.05) is 32.7 Å². The number of methoxy groups -OCH3 is 2. The number of carbonyl (C=O) groups excluding carboxylic acids is 3. The lowest BCUT2D eigenvalue weighted by Gasteiger charge is -2.37. The van der Waals surface area contributed by atoms with Gasteiger partial charge in [0.05, 0.1) is 12.3 Å². The molecule has 234 valence electrons. The van der Waals surface area contributed by atoms with Crippen LogP contribution in [0.4, 0.5) is 29.5 Å². The molecule has 11 nitrogen and oxygen atoms in total. The number of nitrogens with one attached hydrogen (secondary N) is 2. The van der Waals surface area contributed by atoms with Gasteiger partial charge in [-0.1, -0.05) is 13.0 Å². The first-order valence-corrected chi connectivity index (χ1v) is 14.3. The normalized spacial score (nSPS) is 16.9. The zero-order chi connectivity index (χ0) is 32.2. The second-order valence-electron chi connectivity index (χ2n) is 9.67. The minimum absolute atomic E-state index is 0.00533. The molecule has 2 amide bonds. The second kappa shape index (κ2) is 13.2. The third-order valence-electron chi connectivity index (χ3n) is 7.05. The van der Waals surface area contributed by atoms with E-state index in [0.29, 0.717) is 17.7 Å². The molecule has 2 unspecified atom stereocenters. The van der Waals surface area contributed by atoms with Crippen LogP contribution in [0.25, 0.3) is 21.7 Å². The Hall–Kier alpha value is -4.21. The number of benzene rings is 1. The molecule has 3 heterocycles. The zero-order valence-corrected chi connectivity index (χ0v) is 25.3. The van der Waals surface area contributed by atoms with E-state index >= 15 is 0 Å². The van der Waals surface area contributed by atoms with Crippen LogP contribution in [-0.4, -0.2) is 67.6 Å². The first-order valence-electron chi connectivity index (χ1n) is 13.5. The van der Waals surface area contributed by atoms with Crippen LogP contribution in [0, 0.1) is 11.3 Å². The third kappa shape index (κ3) is 6.21. The molecule has 2 aromatic heterocycles. The number of alkyl halides is 3. The predicted octanol–water partition coefficient (Wildman–Crippen LogP) is 5.74. The standard InChI is InChI=1S/C29H30F3N5O6S/c1-6-33-27(40)37-22-11-17(24-36-21(13-44-24)29(30,31)32)19(12-34-22)16-8-9-20-18(10-16)23(38)28(14-35-20,26(39)43-7-2)15(3)25(41-4)42-5/h8-15,25H,6-7H2,1-5H3,(H2,33,34,37,40). The smallest absolute Gasteiger partial charge is 0.434 e. The number of amides is 2. The number of rotatable bonds is 10. The highest BCUT2D eigenvalue weighted by molar-refractivity contribution is 7.13. The summed E-state index contributed by atoms with van der Waals surface area (Å²) in [5, 5.41) is 5.99. The average Bonchev–Trinajstić information content (AvgIpc) is 3.50. The van der Waals surface area contributed by atoms with E-state index in [2.05, 4.69) is 25.6 Å². The monoisotopic (exact) mass is 633 g/mol. The van der Waals surface area contributed by atoms with Gasteiger partial charge in [0.2, 0.25) is 0 Å². The van der Waals surface area contributed by atoms with Crippen LogP contribution >= 0.6 is 11.3 Å². The number of hydrogen-bond donors (Lipinski definition) is 2. The maximum Gasteiger partial charge on any atom is 0.434 e. The van der Waals surface area contributed by atoms with Crippen molar-refractivity contribution in [3.8, 4) is 21.7 Å². The van der Waals surface area contributed by atoms with Gasteiger partial charge in [0.25, 0.3) is 0 Å². The molecule has 15 heteroatoms. The number of esters is 1. The van der Waals surface area contributed by atoms with Crippen molar-refractivity contribution < 1.29 is 41.8 Å². The molecule has 1 aromatic carbocycles. The molecule has 0 saturated carbocycles. The molecule has 3 aromatic rings. The molecule has 1 aliphatic heterocycles. The Morgan fingerprint density at radius 1 is 1.09 bits per heavy atom. The van der Waals surface area contributed by atoms with Crippen molar-refractivity contribution in [3.63, 3.8) is 0 Å². The van der Waals surface area contributed by atoms with Crippen LogP contribution < -0.4 is 10.6 Å². The lowest BCUT2D eigenvalue weighted by atomic mass is 9.69. The van der Waals surface area contributed by atoms with Crippen LogP contribution in [-0.2, 0) is 25.2 Å². The number of urea groups is 1. The van der Waals surface area contributed by atoms with Crippen molar-refractivity contribution in [2.24, 2.45) is 16.3 Å². The number of hydrogen-bond acceptors (Lipinski definition) is 10. The number of nitrogens with zero attached hydrogens (tertiary/aromatic N) is 3. The van der Waals surface area contributed by atoms with Gasteiger partial charge in [-0.15, -0.1) is 11.3 Å². The predicted molar refractivity (Wildman–Crippen MR) is 157 cm³/mol. The lowest BCUT2D eigenvalue weighted by molar-refractivity contribution is -0.170. The van der Waals surface area contributed by atoms with E-state index in [1.165, 1.54) is 38.8 Å². The number of ketones is 1. The minimum Gasteiger partial charge on any atom is -0.465 e. The summed E-state index contributed by atoms with van der Waals surface area (Å²) in [7, 11) is 2.75. The van der Waals surface area contributed by atoms with Gasteiger partial charge in [0.15, 0.2) is 23.2 Å². The quantitative estimate of drug-likeness (QED) is 0.164. The first-order chi connectivity index (χ1) is 20.9. The third-order valence-corrected chi connectivity index (χ3v) is 7.92. The van der Waals surface area contributed by atoms with Crippen molar-refractivity contribution in [2.45, 2.75) is 33.2 Å². The van der Waals surface area contributed by atoms with E-state index in [0.717, 1.165) is 16.7 Å². The number of aromatic nitrogens is 2. The number of aliphatic imine (C=N–C) groups is 1. The molecule has 2 atom stereocenters. The number of halogens is 3. The summed E-state index contributed by atoms with van der Waals surface area (Å²) in [6.45, 7) is 5.28. The van der Waals surface area contributed by atoms with Crippen LogP contribution in [0.15, 0.2) is 40.8 Å². The Morgan fingerprint density at radius 2 is 1.82 bits per heavy atom. The largest absolute Gasteiger partial charge is 0.465 e. The highest BCUT2D eigenvalue weighted by Crippen LogP contribution is 2.44. The molecule has 2 N–H and O–H groups in total. The van der Waals surface area contributed by atoms with Gasteiger partial charge in [-0.25, -0.2) is 14.8 Å². The van der Waals surface area contributed by atoms with E-state index in [4.69, 9.17) is 14.2 Å². The molecule has 0 radical (unpaired) electrons. The van der Waals surface area contributed by atoms with E-state index in [1.807, 2.05) is 0 Å². The zero-order valence-electron chi connectivity index (χ0n) is 24.4. The minimum atomic E-state index is -4.67. The Bertz CT molecular complexity index is 1590. The number of carbonyl (C=O) groups is 3. The van der Waals surface area contributed by atoms with E-state index in [-0.39, 0.29) is 34.2 Å². The molecule has 4 rings (SSSR count). The average molecular weight is 634 g/mol.